The fourth-order valence-corrected chi connectivity index (χ4v) is 1.52. The number of aliphatic hydroxyl groups excluding tert-OH is 1. The number of esters is 1. The van der Waals surface area contributed by atoms with Crippen LogP contribution in [0.5, 0.6) is 0 Å². The van der Waals surface area contributed by atoms with Crippen LogP contribution in [0.15, 0.2) is 30.3 Å². The van der Waals surface area contributed by atoms with Gasteiger partial charge in [-0.1, -0.05) is 30.3 Å². The van der Waals surface area contributed by atoms with E-state index in [-0.39, 0.29) is 18.9 Å². The maximum Gasteiger partial charge on any atom is 0.336 e. The molecule has 6 heteroatoms. The molecule has 0 saturated carbocycles. The van der Waals surface area contributed by atoms with Gasteiger partial charge >= 0.3 is 5.97 Å². The number of hydrogen-bond acceptors (Lipinski definition) is 5. The van der Waals surface area contributed by atoms with Crippen molar-refractivity contribution in [2.75, 3.05) is 13.7 Å². The van der Waals surface area contributed by atoms with Crippen molar-refractivity contribution in [1.29, 1.82) is 0 Å². The van der Waals surface area contributed by atoms with Gasteiger partial charge < -0.3 is 20.9 Å². The predicted octanol–water partition coefficient (Wildman–Crippen LogP) is -0.273. The smallest absolute Gasteiger partial charge is 0.336 e. The number of hydrogen-bond donors (Lipinski definition) is 3. The van der Waals surface area contributed by atoms with Crippen LogP contribution in [0.2, 0.25) is 0 Å². The topological polar surface area (TPSA) is 102 Å². The molecule has 1 aromatic rings. The van der Waals surface area contributed by atoms with Crippen LogP contribution in [-0.4, -0.2) is 36.7 Å². The fourth-order valence-electron chi connectivity index (χ4n) is 1.52. The lowest BCUT2D eigenvalue weighted by atomic mass is 10.0. The highest BCUT2D eigenvalue weighted by Gasteiger charge is 2.17. The lowest BCUT2D eigenvalue weighted by Crippen LogP contribution is -2.38. The maximum atomic E-state index is 11.6. The molecule has 2 atom stereocenters. The van der Waals surface area contributed by atoms with Crippen molar-refractivity contribution in [3.63, 3.8) is 0 Å². The zero-order chi connectivity index (χ0) is 14.3. The number of amides is 1. The van der Waals surface area contributed by atoms with Crippen LogP contribution in [0.4, 0.5) is 0 Å². The van der Waals surface area contributed by atoms with Gasteiger partial charge in [-0.25, -0.2) is 4.79 Å². The number of carbonyl (C=O) groups is 2. The number of nitrogens with two attached hydrogens (primary N) is 1. The first-order valence-corrected chi connectivity index (χ1v) is 5.87. The summed E-state index contributed by atoms with van der Waals surface area (Å²) in [5.74, 6) is -1.12. The third-order valence-electron chi connectivity index (χ3n) is 2.60. The summed E-state index contributed by atoms with van der Waals surface area (Å²) in [4.78, 5) is 22.5. The molecule has 0 saturated heterocycles. The van der Waals surface area contributed by atoms with Gasteiger partial charge in [0.2, 0.25) is 5.91 Å². The molecule has 0 radical (unpaired) electrons. The van der Waals surface area contributed by atoms with E-state index in [0.29, 0.717) is 0 Å². The summed E-state index contributed by atoms with van der Waals surface area (Å²) in [5.41, 5.74) is 6.73. The average Bonchev–Trinajstić information content (AvgIpc) is 2.44. The Labute approximate surface area is 111 Å². The Hall–Kier alpha value is -1.92. The van der Waals surface area contributed by atoms with Crippen LogP contribution in [0.25, 0.3) is 0 Å². The van der Waals surface area contributed by atoms with Crippen LogP contribution >= 0.6 is 0 Å². The lowest BCUT2D eigenvalue weighted by molar-refractivity contribution is -0.150. The molecule has 6 nitrogen and oxygen atoms in total. The van der Waals surface area contributed by atoms with Crippen molar-refractivity contribution in [2.45, 2.75) is 18.6 Å². The molecule has 0 aromatic heterocycles. The fraction of sp³-hybridized carbons (Fsp3) is 0.385. The first-order valence-electron chi connectivity index (χ1n) is 5.87. The van der Waals surface area contributed by atoms with Crippen molar-refractivity contribution in [3.8, 4) is 0 Å². The van der Waals surface area contributed by atoms with E-state index in [1.54, 1.807) is 0 Å². The van der Waals surface area contributed by atoms with E-state index < -0.39 is 18.1 Å². The van der Waals surface area contributed by atoms with Gasteiger partial charge in [0.1, 0.15) is 0 Å². The normalized spacial score (nSPS) is 13.4. The lowest BCUT2D eigenvalue weighted by Gasteiger charge is -2.13. The number of ether oxygens (including phenoxy) is 1. The molecule has 0 heterocycles. The van der Waals surface area contributed by atoms with Crippen LogP contribution in [0.3, 0.4) is 0 Å². The summed E-state index contributed by atoms with van der Waals surface area (Å²) in [6.45, 7) is -0.187. The molecular formula is C13H18N2O4. The van der Waals surface area contributed by atoms with Crippen molar-refractivity contribution in [1.82, 2.24) is 5.32 Å². The van der Waals surface area contributed by atoms with Crippen molar-refractivity contribution < 1.29 is 19.4 Å². The van der Waals surface area contributed by atoms with Crippen LogP contribution < -0.4 is 11.1 Å². The Kier molecular flexibility index (Phi) is 5.98. The summed E-state index contributed by atoms with van der Waals surface area (Å²) in [6, 6.07) is 8.80. The van der Waals surface area contributed by atoms with E-state index in [2.05, 4.69) is 10.1 Å². The van der Waals surface area contributed by atoms with Crippen LogP contribution in [0.1, 0.15) is 18.0 Å². The molecule has 2 unspecified atom stereocenters. The van der Waals surface area contributed by atoms with Gasteiger partial charge in [-0.2, -0.15) is 0 Å². The second-order valence-electron chi connectivity index (χ2n) is 4.06. The second kappa shape index (κ2) is 7.50. The molecule has 0 aliphatic heterocycles. The SMILES string of the molecule is COC(=O)C(O)CNC(=O)CC(N)c1ccccc1. The highest BCUT2D eigenvalue weighted by atomic mass is 16.5. The number of nitrogens with one attached hydrogen (secondary N) is 1. The molecule has 0 aliphatic rings. The molecule has 0 bridgehead atoms. The summed E-state index contributed by atoms with van der Waals surface area (Å²) in [7, 11) is 1.17. The monoisotopic (exact) mass is 266 g/mol. The first kappa shape index (κ1) is 15.1. The van der Waals surface area contributed by atoms with E-state index in [1.165, 1.54) is 7.11 Å². The minimum atomic E-state index is -1.36. The summed E-state index contributed by atoms with van der Waals surface area (Å²) in [6.07, 6.45) is -1.28. The van der Waals surface area contributed by atoms with Gasteiger partial charge in [0.15, 0.2) is 6.10 Å². The molecule has 19 heavy (non-hydrogen) atoms. The molecule has 0 aliphatic carbocycles. The molecule has 0 spiro atoms. The van der Waals surface area contributed by atoms with E-state index in [1.807, 2.05) is 30.3 Å². The zero-order valence-corrected chi connectivity index (χ0v) is 10.7. The standard InChI is InChI=1S/C13H18N2O4/c1-19-13(18)11(16)8-15-12(17)7-10(14)9-5-3-2-4-6-9/h2-6,10-11,16H,7-8,14H2,1H3,(H,15,17). The van der Waals surface area contributed by atoms with Gasteiger partial charge in [0.05, 0.1) is 13.7 Å². The van der Waals surface area contributed by atoms with E-state index in [4.69, 9.17) is 5.73 Å². The van der Waals surface area contributed by atoms with Gasteiger partial charge in [0, 0.05) is 12.5 Å². The Morgan fingerprint density at radius 1 is 1.37 bits per heavy atom. The van der Waals surface area contributed by atoms with Crippen LogP contribution in [0, 0.1) is 0 Å². The molecule has 4 N–H and O–H groups in total. The van der Waals surface area contributed by atoms with Gasteiger partial charge in [-0.15, -0.1) is 0 Å². The molecule has 1 amide bonds. The number of methoxy groups -OCH3 is 1. The minimum Gasteiger partial charge on any atom is -0.467 e. The quantitative estimate of drug-likeness (QED) is 0.615. The number of rotatable bonds is 6. The third-order valence-corrected chi connectivity index (χ3v) is 2.60. The van der Waals surface area contributed by atoms with Crippen molar-refractivity contribution in [2.24, 2.45) is 5.73 Å². The van der Waals surface area contributed by atoms with E-state index in [0.717, 1.165) is 5.56 Å². The number of aliphatic hydroxyl groups is 1. The average molecular weight is 266 g/mol. The molecule has 104 valence electrons. The first-order chi connectivity index (χ1) is 9.04. The van der Waals surface area contributed by atoms with E-state index >= 15 is 0 Å². The highest BCUT2D eigenvalue weighted by molar-refractivity contribution is 5.79. The van der Waals surface area contributed by atoms with Gasteiger partial charge in [0.25, 0.3) is 0 Å². The Balaban J connectivity index is 2.37. The summed E-state index contributed by atoms with van der Waals surface area (Å²) >= 11 is 0. The second-order valence-corrected chi connectivity index (χ2v) is 4.06. The highest BCUT2D eigenvalue weighted by Crippen LogP contribution is 2.12. The molecule has 0 fully saturated rings. The van der Waals surface area contributed by atoms with Crippen LogP contribution in [-0.2, 0) is 14.3 Å². The van der Waals surface area contributed by atoms with Crippen molar-refractivity contribution >= 4 is 11.9 Å². The Bertz CT molecular complexity index is 422. The molecule has 1 rings (SSSR count). The van der Waals surface area contributed by atoms with Crippen molar-refractivity contribution in [3.05, 3.63) is 35.9 Å². The number of carbonyl (C=O) groups excluding carboxylic acids is 2. The number of benzene rings is 1. The van der Waals surface area contributed by atoms with Gasteiger partial charge in [-0.3, -0.25) is 4.79 Å². The Morgan fingerprint density at radius 3 is 2.58 bits per heavy atom. The third kappa shape index (κ3) is 5.07. The summed E-state index contributed by atoms with van der Waals surface area (Å²) in [5, 5.41) is 11.7. The largest absolute Gasteiger partial charge is 0.467 e. The van der Waals surface area contributed by atoms with Gasteiger partial charge in [-0.05, 0) is 5.56 Å². The summed E-state index contributed by atoms with van der Waals surface area (Å²) < 4.78 is 4.33. The Morgan fingerprint density at radius 2 is 2.00 bits per heavy atom. The molecular weight excluding hydrogens is 248 g/mol. The minimum absolute atomic E-state index is 0.0813. The molecule has 1 aromatic carbocycles. The predicted molar refractivity (Wildman–Crippen MR) is 69.0 cm³/mol. The zero-order valence-electron chi connectivity index (χ0n) is 10.7. The maximum absolute atomic E-state index is 11.6. The van der Waals surface area contributed by atoms with E-state index in [9.17, 15) is 14.7 Å².